The molecule has 100 valence electrons. The van der Waals surface area contributed by atoms with Crippen molar-refractivity contribution in [2.24, 2.45) is 0 Å². The molecule has 0 heterocycles. The summed E-state index contributed by atoms with van der Waals surface area (Å²) in [7, 11) is 1.59. The number of halogens is 2. The molecule has 0 saturated carbocycles. The van der Waals surface area contributed by atoms with Gasteiger partial charge in [-0.1, -0.05) is 35.9 Å². The van der Waals surface area contributed by atoms with Crippen molar-refractivity contribution in [3.8, 4) is 5.75 Å². The Bertz CT molecular complexity index is 555. The van der Waals surface area contributed by atoms with Crippen molar-refractivity contribution in [2.45, 2.75) is 12.5 Å². The largest absolute Gasteiger partial charge is 0.497 e. The minimum absolute atomic E-state index is 0.0245. The van der Waals surface area contributed by atoms with E-state index in [1.54, 1.807) is 13.2 Å². The molecule has 0 amide bonds. The van der Waals surface area contributed by atoms with E-state index in [0.29, 0.717) is 12.0 Å². The highest BCUT2D eigenvalue weighted by atomic mass is 35.5. The molecule has 0 aliphatic heterocycles. The van der Waals surface area contributed by atoms with Crippen molar-refractivity contribution >= 4 is 11.6 Å². The Morgan fingerprint density at radius 2 is 1.89 bits per heavy atom. The monoisotopic (exact) mass is 280 g/mol. The van der Waals surface area contributed by atoms with Crippen molar-refractivity contribution in [2.75, 3.05) is 7.11 Å². The highest BCUT2D eigenvalue weighted by Gasteiger charge is 2.14. The molecule has 2 aromatic carbocycles. The fraction of sp³-hybridized carbons (Fsp3) is 0.200. The molecule has 0 radical (unpaired) electrons. The smallest absolute Gasteiger partial charge is 0.142 e. The summed E-state index contributed by atoms with van der Waals surface area (Å²) < 4.78 is 18.4. The normalized spacial score (nSPS) is 12.2. The maximum absolute atomic E-state index is 13.3. The Balaban J connectivity index is 2.15. The van der Waals surface area contributed by atoms with Gasteiger partial charge in [0.1, 0.15) is 11.6 Å². The molecular formula is C15H14ClFO2. The van der Waals surface area contributed by atoms with Crippen LogP contribution < -0.4 is 4.74 Å². The highest BCUT2D eigenvalue weighted by molar-refractivity contribution is 6.31. The fourth-order valence-corrected chi connectivity index (χ4v) is 2.12. The average molecular weight is 281 g/mol. The summed E-state index contributed by atoms with van der Waals surface area (Å²) in [6.07, 6.45) is -0.468. The van der Waals surface area contributed by atoms with E-state index in [1.165, 1.54) is 12.1 Å². The number of benzene rings is 2. The van der Waals surface area contributed by atoms with Gasteiger partial charge in [0.2, 0.25) is 0 Å². The minimum atomic E-state index is -0.836. The maximum Gasteiger partial charge on any atom is 0.142 e. The summed E-state index contributed by atoms with van der Waals surface area (Å²) in [5.41, 5.74) is 1.33. The zero-order valence-corrected chi connectivity index (χ0v) is 11.2. The third-order valence-corrected chi connectivity index (χ3v) is 3.33. The fourth-order valence-electron chi connectivity index (χ4n) is 1.87. The van der Waals surface area contributed by atoms with E-state index in [1.807, 2.05) is 24.3 Å². The van der Waals surface area contributed by atoms with Gasteiger partial charge in [0.05, 0.1) is 18.2 Å². The summed E-state index contributed by atoms with van der Waals surface area (Å²) in [4.78, 5) is 0. The average Bonchev–Trinajstić information content (AvgIpc) is 2.42. The van der Waals surface area contributed by atoms with Gasteiger partial charge in [0.25, 0.3) is 0 Å². The molecule has 0 aliphatic rings. The van der Waals surface area contributed by atoms with Gasteiger partial charge in [0, 0.05) is 12.0 Å². The third-order valence-electron chi connectivity index (χ3n) is 2.93. The van der Waals surface area contributed by atoms with Crippen molar-refractivity contribution in [3.63, 3.8) is 0 Å². The van der Waals surface area contributed by atoms with Gasteiger partial charge in [-0.3, -0.25) is 0 Å². The van der Waals surface area contributed by atoms with Crippen LogP contribution in [0.25, 0.3) is 0 Å². The van der Waals surface area contributed by atoms with Gasteiger partial charge in [-0.15, -0.1) is 0 Å². The molecule has 19 heavy (non-hydrogen) atoms. The molecule has 0 aliphatic carbocycles. The van der Waals surface area contributed by atoms with Crippen LogP contribution in [0.1, 0.15) is 17.2 Å². The lowest BCUT2D eigenvalue weighted by molar-refractivity contribution is 0.178. The summed E-state index contributed by atoms with van der Waals surface area (Å²) in [6.45, 7) is 0. The van der Waals surface area contributed by atoms with Crippen LogP contribution in [0.3, 0.4) is 0 Å². The first kappa shape index (κ1) is 13.8. The van der Waals surface area contributed by atoms with E-state index < -0.39 is 11.9 Å². The zero-order valence-electron chi connectivity index (χ0n) is 10.4. The van der Waals surface area contributed by atoms with Crippen molar-refractivity contribution in [1.29, 1.82) is 0 Å². The Morgan fingerprint density at radius 3 is 2.53 bits per heavy atom. The number of hydrogen-bond acceptors (Lipinski definition) is 2. The third kappa shape index (κ3) is 3.25. The first-order valence-corrected chi connectivity index (χ1v) is 6.24. The van der Waals surface area contributed by atoms with Crippen LogP contribution in [-0.2, 0) is 6.42 Å². The molecule has 4 heteroatoms. The minimum Gasteiger partial charge on any atom is -0.497 e. The second-order valence-corrected chi connectivity index (χ2v) is 4.59. The number of aliphatic hydroxyl groups excluding tert-OH is 1. The number of rotatable bonds is 4. The highest BCUT2D eigenvalue weighted by Crippen LogP contribution is 2.28. The van der Waals surface area contributed by atoms with Crippen LogP contribution in [0, 0.1) is 5.82 Å². The van der Waals surface area contributed by atoms with E-state index in [2.05, 4.69) is 0 Å². The van der Waals surface area contributed by atoms with Crippen molar-refractivity contribution < 1.29 is 14.2 Å². The molecule has 0 bridgehead atoms. The summed E-state index contributed by atoms with van der Waals surface area (Å²) in [5.74, 6) is 0.231. The zero-order chi connectivity index (χ0) is 13.8. The Kier molecular flexibility index (Phi) is 4.40. The molecule has 2 nitrogen and oxygen atoms in total. The van der Waals surface area contributed by atoms with Crippen LogP contribution in [0.15, 0.2) is 42.5 Å². The quantitative estimate of drug-likeness (QED) is 0.924. The summed E-state index contributed by atoms with van der Waals surface area (Å²) in [6, 6.07) is 11.8. The molecule has 0 spiro atoms. The summed E-state index contributed by atoms with van der Waals surface area (Å²) in [5, 5.41) is 10.1. The standard InChI is InChI=1S/C15H14ClFO2/c1-19-11-7-5-10(6-8-11)9-14(18)12-3-2-4-13(17)15(12)16/h2-8,14,18H,9H2,1H3. The lowest BCUT2D eigenvalue weighted by Crippen LogP contribution is -2.03. The van der Waals surface area contributed by atoms with Gasteiger partial charge in [-0.05, 0) is 23.8 Å². The van der Waals surface area contributed by atoms with Crippen LogP contribution in [-0.4, -0.2) is 12.2 Å². The van der Waals surface area contributed by atoms with Crippen molar-refractivity contribution in [3.05, 3.63) is 64.4 Å². The topological polar surface area (TPSA) is 29.5 Å². The van der Waals surface area contributed by atoms with E-state index in [4.69, 9.17) is 16.3 Å². The molecule has 2 aromatic rings. The second kappa shape index (κ2) is 6.04. The van der Waals surface area contributed by atoms with Crippen LogP contribution in [0.2, 0.25) is 5.02 Å². The summed E-state index contributed by atoms with van der Waals surface area (Å²) >= 11 is 5.85. The Morgan fingerprint density at radius 1 is 1.21 bits per heavy atom. The lowest BCUT2D eigenvalue weighted by Gasteiger charge is -2.13. The van der Waals surface area contributed by atoms with Crippen LogP contribution >= 0.6 is 11.6 Å². The molecule has 0 saturated heterocycles. The van der Waals surface area contributed by atoms with Crippen LogP contribution in [0.4, 0.5) is 4.39 Å². The first-order valence-electron chi connectivity index (χ1n) is 5.86. The van der Waals surface area contributed by atoms with Crippen molar-refractivity contribution in [1.82, 2.24) is 0 Å². The number of hydrogen-bond donors (Lipinski definition) is 1. The van der Waals surface area contributed by atoms with Gasteiger partial charge in [0.15, 0.2) is 0 Å². The molecule has 2 rings (SSSR count). The Hall–Kier alpha value is -1.58. The number of aliphatic hydroxyl groups is 1. The van der Waals surface area contributed by atoms with Gasteiger partial charge in [-0.2, -0.15) is 0 Å². The molecule has 0 aromatic heterocycles. The number of methoxy groups -OCH3 is 1. The van der Waals surface area contributed by atoms with E-state index >= 15 is 0 Å². The van der Waals surface area contributed by atoms with E-state index in [9.17, 15) is 9.50 Å². The molecule has 1 unspecified atom stereocenters. The predicted molar refractivity (Wildman–Crippen MR) is 73.1 cm³/mol. The predicted octanol–water partition coefficient (Wildman–Crippen LogP) is 3.76. The molecule has 1 N–H and O–H groups in total. The van der Waals surface area contributed by atoms with Gasteiger partial charge >= 0.3 is 0 Å². The first-order chi connectivity index (χ1) is 9.11. The second-order valence-electron chi connectivity index (χ2n) is 4.21. The van der Waals surface area contributed by atoms with Gasteiger partial charge in [-0.25, -0.2) is 4.39 Å². The van der Waals surface area contributed by atoms with Crippen LogP contribution in [0.5, 0.6) is 5.75 Å². The maximum atomic E-state index is 13.3. The molecule has 0 fully saturated rings. The van der Waals surface area contributed by atoms with E-state index in [0.717, 1.165) is 11.3 Å². The molecule has 1 atom stereocenters. The Labute approximate surface area is 116 Å². The molecular weight excluding hydrogens is 267 g/mol. The number of ether oxygens (including phenoxy) is 1. The van der Waals surface area contributed by atoms with E-state index in [-0.39, 0.29) is 5.02 Å². The van der Waals surface area contributed by atoms with Gasteiger partial charge < -0.3 is 9.84 Å². The lowest BCUT2D eigenvalue weighted by atomic mass is 10.0. The SMILES string of the molecule is COc1ccc(CC(O)c2cccc(F)c2Cl)cc1.